The summed E-state index contributed by atoms with van der Waals surface area (Å²) in [6.07, 6.45) is 2.77. The lowest BCUT2D eigenvalue weighted by atomic mass is 10.2. The van der Waals surface area contributed by atoms with E-state index in [1.54, 1.807) is 54.6 Å². The predicted molar refractivity (Wildman–Crippen MR) is 85.7 cm³/mol. The number of hydrogen-bond donors (Lipinski definition) is 1. The summed E-state index contributed by atoms with van der Waals surface area (Å²) in [7, 11) is 0. The second-order valence-electron chi connectivity index (χ2n) is 4.09. The van der Waals surface area contributed by atoms with Crippen LogP contribution in [0, 0.1) is 0 Å². The number of allylic oxidation sites excluding steroid dienone is 1. The molecule has 0 aliphatic rings. The van der Waals surface area contributed by atoms with Crippen LogP contribution in [-0.2, 0) is 16.1 Å². The Hall–Kier alpha value is -1.95. The molecule has 4 nitrogen and oxygen atoms in total. The first kappa shape index (κ1) is 15.4. The van der Waals surface area contributed by atoms with Gasteiger partial charge in [0.1, 0.15) is 0 Å². The van der Waals surface area contributed by atoms with Crippen LogP contribution in [0.2, 0.25) is 0 Å². The molecule has 2 aromatic rings. The summed E-state index contributed by atoms with van der Waals surface area (Å²) in [5.74, 6) is 0. The first-order valence-corrected chi connectivity index (χ1v) is 7.46. The molecule has 0 aliphatic carbocycles. The zero-order valence-corrected chi connectivity index (χ0v) is 12.4. The SMILES string of the molecule is O=C(Cl)C=Cc1cccc(N(c2ccccc2)S(=O)O)c1. The Morgan fingerprint density at radius 3 is 2.38 bits per heavy atom. The van der Waals surface area contributed by atoms with Crippen molar-refractivity contribution in [3.63, 3.8) is 0 Å². The maximum absolute atomic E-state index is 11.6. The lowest BCUT2D eigenvalue weighted by Crippen LogP contribution is -2.19. The Morgan fingerprint density at radius 2 is 1.76 bits per heavy atom. The maximum Gasteiger partial charge on any atom is 0.266 e. The molecular weight excluding hydrogens is 310 g/mol. The molecule has 0 bridgehead atoms. The Bertz CT molecular complexity index is 688. The fourth-order valence-corrected chi connectivity index (χ4v) is 2.47. The van der Waals surface area contributed by atoms with E-state index in [0.29, 0.717) is 16.9 Å². The molecule has 1 unspecified atom stereocenters. The van der Waals surface area contributed by atoms with Crippen molar-refractivity contribution in [2.75, 3.05) is 4.31 Å². The zero-order chi connectivity index (χ0) is 15.2. The fraction of sp³-hybridized carbons (Fsp3) is 0. The number of anilines is 2. The van der Waals surface area contributed by atoms with Gasteiger partial charge < -0.3 is 0 Å². The molecule has 2 aromatic carbocycles. The van der Waals surface area contributed by atoms with Crippen LogP contribution in [0.3, 0.4) is 0 Å². The molecule has 21 heavy (non-hydrogen) atoms. The van der Waals surface area contributed by atoms with Crippen LogP contribution in [-0.4, -0.2) is 14.0 Å². The number of para-hydroxylation sites is 1. The first-order chi connectivity index (χ1) is 10.1. The number of nitrogens with zero attached hydrogens (tertiary/aromatic N) is 1. The van der Waals surface area contributed by atoms with E-state index in [2.05, 4.69) is 0 Å². The van der Waals surface area contributed by atoms with E-state index in [0.717, 1.165) is 0 Å². The van der Waals surface area contributed by atoms with Crippen LogP contribution in [0.4, 0.5) is 11.4 Å². The summed E-state index contributed by atoms with van der Waals surface area (Å²) in [4.78, 5) is 10.7. The van der Waals surface area contributed by atoms with Gasteiger partial charge in [-0.3, -0.25) is 9.35 Å². The van der Waals surface area contributed by atoms with Crippen molar-refractivity contribution in [3.8, 4) is 0 Å². The van der Waals surface area contributed by atoms with E-state index in [4.69, 9.17) is 11.6 Å². The molecule has 0 aliphatic heterocycles. The highest BCUT2D eigenvalue weighted by atomic mass is 35.5. The fourth-order valence-electron chi connectivity index (χ4n) is 1.81. The number of carbonyl (C=O) groups excluding carboxylic acids is 1. The number of halogens is 1. The summed E-state index contributed by atoms with van der Waals surface area (Å²) in [5, 5.41) is -0.578. The Balaban J connectivity index is 2.40. The van der Waals surface area contributed by atoms with Crippen molar-refractivity contribution < 1.29 is 13.6 Å². The average Bonchev–Trinajstić information content (AvgIpc) is 2.46. The van der Waals surface area contributed by atoms with Crippen LogP contribution in [0.1, 0.15) is 5.56 Å². The van der Waals surface area contributed by atoms with Crippen molar-refractivity contribution in [1.82, 2.24) is 0 Å². The van der Waals surface area contributed by atoms with Crippen LogP contribution in [0.5, 0.6) is 0 Å². The normalized spacial score (nSPS) is 12.3. The largest absolute Gasteiger partial charge is 0.289 e. The molecule has 108 valence electrons. The summed E-state index contributed by atoms with van der Waals surface area (Å²) >= 11 is 3.04. The molecule has 0 spiro atoms. The summed E-state index contributed by atoms with van der Waals surface area (Å²) < 4.78 is 22.4. The van der Waals surface area contributed by atoms with Crippen molar-refractivity contribution in [1.29, 1.82) is 0 Å². The van der Waals surface area contributed by atoms with Crippen molar-refractivity contribution >= 4 is 45.6 Å². The van der Waals surface area contributed by atoms with Gasteiger partial charge in [-0.1, -0.05) is 36.4 Å². The van der Waals surface area contributed by atoms with E-state index in [1.807, 2.05) is 6.07 Å². The number of carbonyl (C=O) groups is 1. The Morgan fingerprint density at radius 1 is 1.10 bits per heavy atom. The molecule has 0 saturated carbocycles. The minimum atomic E-state index is -2.21. The van der Waals surface area contributed by atoms with Gasteiger partial charge in [-0.05, 0) is 47.5 Å². The van der Waals surface area contributed by atoms with E-state index >= 15 is 0 Å². The molecule has 0 aromatic heterocycles. The number of benzene rings is 2. The van der Waals surface area contributed by atoms with E-state index < -0.39 is 16.5 Å². The van der Waals surface area contributed by atoms with Gasteiger partial charge in [0.05, 0.1) is 11.4 Å². The second kappa shape index (κ2) is 7.17. The van der Waals surface area contributed by atoms with Gasteiger partial charge >= 0.3 is 0 Å². The molecule has 0 fully saturated rings. The van der Waals surface area contributed by atoms with Crippen LogP contribution < -0.4 is 4.31 Å². The van der Waals surface area contributed by atoms with Gasteiger partial charge in [-0.15, -0.1) is 0 Å². The molecule has 2 rings (SSSR count). The third kappa shape index (κ3) is 4.26. The first-order valence-electron chi connectivity index (χ1n) is 6.01. The van der Waals surface area contributed by atoms with Gasteiger partial charge in [-0.2, -0.15) is 0 Å². The van der Waals surface area contributed by atoms with Gasteiger partial charge in [0.2, 0.25) is 5.24 Å². The summed E-state index contributed by atoms with van der Waals surface area (Å²) in [5.41, 5.74) is 1.83. The molecule has 0 saturated heterocycles. The average molecular weight is 322 g/mol. The standard InChI is InChI=1S/C15H12ClNO3S/c16-15(18)10-9-12-5-4-8-14(11-12)17(21(19)20)13-6-2-1-3-7-13/h1-11H,(H,19,20). The summed E-state index contributed by atoms with van der Waals surface area (Å²) in [6.45, 7) is 0. The monoisotopic (exact) mass is 321 g/mol. The van der Waals surface area contributed by atoms with Crippen molar-refractivity contribution in [3.05, 3.63) is 66.2 Å². The van der Waals surface area contributed by atoms with E-state index in [1.165, 1.54) is 10.4 Å². The van der Waals surface area contributed by atoms with Crippen LogP contribution >= 0.6 is 11.6 Å². The minimum absolute atomic E-state index is 0.534. The van der Waals surface area contributed by atoms with E-state index in [-0.39, 0.29) is 0 Å². The molecule has 0 heterocycles. The van der Waals surface area contributed by atoms with Gasteiger partial charge in [0.25, 0.3) is 11.3 Å². The zero-order valence-electron chi connectivity index (χ0n) is 10.8. The smallest absolute Gasteiger partial charge is 0.266 e. The third-order valence-corrected chi connectivity index (χ3v) is 3.52. The molecule has 0 amide bonds. The highest BCUT2D eigenvalue weighted by Crippen LogP contribution is 2.27. The maximum atomic E-state index is 11.6. The van der Waals surface area contributed by atoms with Gasteiger partial charge in [-0.25, -0.2) is 8.51 Å². The Kier molecular flexibility index (Phi) is 5.27. The number of hydrogen-bond acceptors (Lipinski definition) is 2. The molecule has 1 N–H and O–H groups in total. The second-order valence-corrected chi connectivity index (χ2v) is 5.29. The Labute approximate surface area is 130 Å². The molecule has 1 atom stereocenters. The van der Waals surface area contributed by atoms with Gasteiger partial charge in [0.15, 0.2) is 0 Å². The quantitative estimate of drug-likeness (QED) is 0.518. The van der Waals surface area contributed by atoms with Crippen LogP contribution in [0.15, 0.2) is 60.7 Å². The third-order valence-electron chi connectivity index (χ3n) is 2.66. The topological polar surface area (TPSA) is 57.6 Å². The highest BCUT2D eigenvalue weighted by molar-refractivity contribution is 7.81. The van der Waals surface area contributed by atoms with Crippen molar-refractivity contribution in [2.45, 2.75) is 0 Å². The molecule has 6 heteroatoms. The summed E-state index contributed by atoms with van der Waals surface area (Å²) in [6, 6.07) is 15.8. The molecule has 0 radical (unpaired) electrons. The van der Waals surface area contributed by atoms with Gasteiger partial charge in [0, 0.05) is 0 Å². The van der Waals surface area contributed by atoms with Crippen LogP contribution in [0.25, 0.3) is 6.08 Å². The van der Waals surface area contributed by atoms with Crippen molar-refractivity contribution in [2.24, 2.45) is 0 Å². The lowest BCUT2D eigenvalue weighted by molar-refractivity contribution is -0.107. The predicted octanol–water partition coefficient (Wildman–Crippen LogP) is 3.74. The lowest BCUT2D eigenvalue weighted by Gasteiger charge is -2.20. The number of rotatable bonds is 5. The van der Waals surface area contributed by atoms with E-state index in [9.17, 15) is 13.6 Å². The highest BCUT2D eigenvalue weighted by Gasteiger charge is 2.14. The molecular formula is C15H12ClNO3S. The minimum Gasteiger partial charge on any atom is -0.289 e.